The van der Waals surface area contributed by atoms with Crippen LogP contribution in [0.25, 0.3) is 0 Å². The predicted octanol–water partition coefficient (Wildman–Crippen LogP) is 1.81. The van der Waals surface area contributed by atoms with Crippen molar-refractivity contribution in [1.82, 2.24) is 0 Å². The molecular formula is C3H10Cl2O2SSi. The van der Waals surface area contributed by atoms with E-state index in [2.05, 4.69) is 41.0 Å². The van der Waals surface area contributed by atoms with Crippen LogP contribution in [0.2, 0.25) is 19.6 Å². The smallest absolute Gasteiger partial charge is 0.195 e. The monoisotopic (exact) mass is 208 g/mol. The van der Waals surface area contributed by atoms with Gasteiger partial charge in [0.15, 0.2) is 0 Å². The molecule has 0 amide bonds. The molecule has 0 saturated heterocycles. The van der Waals surface area contributed by atoms with E-state index in [-0.39, 0.29) is 8.80 Å². The Balaban J connectivity index is 0. The molecule has 0 aromatic heterocycles. The van der Waals surface area contributed by atoms with E-state index in [1.165, 1.54) is 0 Å². The molecule has 9 heavy (non-hydrogen) atoms. The molecule has 0 atom stereocenters. The first-order chi connectivity index (χ1) is 3.73. The average Bonchev–Trinajstić information content (AvgIpc) is 1.19. The van der Waals surface area contributed by atoms with E-state index in [1.807, 2.05) is 0 Å². The molecule has 0 aliphatic rings. The maximum absolute atomic E-state index is 9.16. The quantitative estimate of drug-likeness (QED) is 0.450. The topological polar surface area (TPSA) is 34.1 Å². The van der Waals surface area contributed by atoms with Crippen molar-refractivity contribution in [3.63, 3.8) is 0 Å². The molecule has 0 radical (unpaired) electrons. The van der Waals surface area contributed by atoms with Gasteiger partial charge in [0, 0.05) is 30.2 Å². The Morgan fingerprint density at radius 3 is 1.11 bits per heavy atom. The largest absolute Gasteiger partial charge is 0.317 e. The van der Waals surface area contributed by atoms with Crippen LogP contribution in [0.3, 0.4) is 0 Å². The third kappa shape index (κ3) is 714. The van der Waals surface area contributed by atoms with Crippen LogP contribution < -0.4 is 0 Å². The second kappa shape index (κ2) is 5.53. The molecule has 0 unspecified atom stereocenters. The van der Waals surface area contributed by atoms with Crippen LogP contribution in [-0.2, 0) is 8.26 Å². The van der Waals surface area contributed by atoms with Gasteiger partial charge in [0.25, 0.3) is 0 Å². The van der Waals surface area contributed by atoms with Crippen LogP contribution in [0.1, 0.15) is 0 Å². The summed E-state index contributed by atoms with van der Waals surface area (Å²) >= 11 is 0. The predicted molar refractivity (Wildman–Crippen MR) is 45.4 cm³/mol. The van der Waals surface area contributed by atoms with Crippen molar-refractivity contribution in [1.29, 1.82) is 0 Å². The maximum atomic E-state index is 9.16. The normalized spacial score (nSPS) is 10.4. The van der Waals surface area contributed by atoms with Gasteiger partial charge in [0.2, 0.25) is 0 Å². The fraction of sp³-hybridized carbons (Fsp3) is 1.00. The fourth-order valence-corrected chi connectivity index (χ4v) is 0. The molecular weight excluding hydrogens is 199 g/mol. The van der Waals surface area contributed by atoms with E-state index in [0.29, 0.717) is 0 Å². The molecule has 0 aliphatic carbocycles. The third-order valence-electron chi connectivity index (χ3n) is 0. The van der Waals surface area contributed by atoms with Gasteiger partial charge in [-0.05, 0) is 0 Å². The van der Waals surface area contributed by atoms with E-state index < -0.39 is 8.26 Å². The minimum Gasteiger partial charge on any atom is -0.195 e. The fourth-order valence-electron chi connectivity index (χ4n) is 0. The Morgan fingerprint density at radius 2 is 1.11 bits per heavy atom. The highest BCUT2D eigenvalue weighted by Gasteiger charge is 1.88. The van der Waals surface area contributed by atoms with Crippen LogP contribution in [0.4, 0.5) is 0 Å². The summed E-state index contributed by atoms with van der Waals surface area (Å²) < 4.78 is 18.3. The van der Waals surface area contributed by atoms with E-state index in [0.717, 1.165) is 0 Å². The molecule has 0 fully saturated rings. The highest BCUT2D eigenvalue weighted by atomic mass is 36.0. The van der Waals surface area contributed by atoms with Gasteiger partial charge in [-0.15, -0.1) is 0 Å². The number of hydrogen-bond acceptors (Lipinski definition) is 2. The lowest BCUT2D eigenvalue weighted by molar-refractivity contribution is 0.621. The molecule has 0 heterocycles. The van der Waals surface area contributed by atoms with Crippen LogP contribution in [0.5, 0.6) is 0 Å². The SMILES string of the molecule is C[SiH](C)C.O=S(=O)(Cl)Cl. The van der Waals surface area contributed by atoms with E-state index in [9.17, 15) is 0 Å². The Morgan fingerprint density at radius 1 is 1.11 bits per heavy atom. The summed E-state index contributed by atoms with van der Waals surface area (Å²) in [5, 5.41) is 0. The molecule has 0 aliphatic heterocycles. The molecule has 2 nitrogen and oxygen atoms in total. The van der Waals surface area contributed by atoms with Crippen molar-refractivity contribution >= 4 is 38.4 Å². The Labute approximate surface area is 66.7 Å². The zero-order chi connectivity index (χ0) is 8.08. The van der Waals surface area contributed by atoms with Crippen molar-refractivity contribution in [3.05, 3.63) is 0 Å². The molecule has 0 spiro atoms. The third-order valence-corrected chi connectivity index (χ3v) is 0. The summed E-state index contributed by atoms with van der Waals surface area (Å²) in [4.78, 5) is 0. The highest BCUT2D eigenvalue weighted by Crippen LogP contribution is 1.98. The van der Waals surface area contributed by atoms with Crippen molar-refractivity contribution in [3.8, 4) is 0 Å². The van der Waals surface area contributed by atoms with Crippen molar-refractivity contribution in [2.45, 2.75) is 19.6 Å². The summed E-state index contributed by atoms with van der Waals surface area (Å²) in [6, 6.07) is 0. The standard InChI is InChI=1S/C3H10Si.Cl2O2S/c1-4(2)3;1-5(2,3)4/h4H,1-3H3;. The lowest BCUT2D eigenvalue weighted by Gasteiger charge is -1.75. The Bertz CT molecular complexity index is 131. The van der Waals surface area contributed by atoms with Crippen molar-refractivity contribution in [2.24, 2.45) is 0 Å². The molecule has 6 heteroatoms. The van der Waals surface area contributed by atoms with Crippen LogP contribution in [0.15, 0.2) is 0 Å². The average molecular weight is 209 g/mol. The lowest BCUT2D eigenvalue weighted by Crippen LogP contribution is -1.84. The first kappa shape index (κ1) is 12.4. The highest BCUT2D eigenvalue weighted by molar-refractivity contribution is 8.31. The maximum Gasteiger partial charge on any atom is 0.317 e. The van der Waals surface area contributed by atoms with Crippen LogP contribution in [-0.4, -0.2) is 17.2 Å². The van der Waals surface area contributed by atoms with Crippen LogP contribution >= 0.6 is 21.4 Å². The minimum atomic E-state index is -3.72. The van der Waals surface area contributed by atoms with Gasteiger partial charge in [-0.1, -0.05) is 19.6 Å². The molecule has 0 N–H and O–H groups in total. The molecule has 0 saturated carbocycles. The van der Waals surface area contributed by atoms with E-state index >= 15 is 0 Å². The molecule has 58 valence electrons. The number of halogens is 2. The van der Waals surface area contributed by atoms with Crippen molar-refractivity contribution in [2.75, 3.05) is 0 Å². The second-order valence-corrected chi connectivity index (χ2v) is 9.24. The summed E-state index contributed by atoms with van der Waals surface area (Å²) in [7, 11) is 4.67. The first-order valence-electron chi connectivity index (χ1n) is 2.37. The van der Waals surface area contributed by atoms with Gasteiger partial charge in [-0.3, -0.25) is 0 Å². The van der Waals surface area contributed by atoms with Gasteiger partial charge >= 0.3 is 8.26 Å². The summed E-state index contributed by atoms with van der Waals surface area (Å²) in [5.41, 5.74) is 0. The summed E-state index contributed by atoms with van der Waals surface area (Å²) in [6.07, 6.45) is 0. The molecule has 0 rings (SSSR count). The van der Waals surface area contributed by atoms with Gasteiger partial charge in [0.05, 0.1) is 0 Å². The van der Waals surface area contributed by atoms with Gasteiger partial charge in [-0.2, -0.15) is 8.42 Å². The number of hydrogen-bond donors (Lipinski definition) is 0. The molecule has 0 aromatic rings. The van der Waals surface area contributed by atoms with E-state index in [1.54, 1.807) is 0 Å². The Kier molecular flexibility index (Phi) is 7.63. The summed E-state index contributed by atoms with van der Waals surface area (Å²) in [5.74, 6) is 0. The second-order valence-electron chi connectivity index (χ2n) is 2.11. The van der Waals surface area contributed by atoms with Gasteiger partial charge in [-0.25, -0.2) is 0 Å². The van der Waals surface area contributed by atoms with Crippen molar-refractivity contribution < 1.29 is 8.42 Å². The molecule has 0 aromatic carbocycles. The van der Waals surface area contributed by atoms with Crippen LogP contribution in [0, 0.1) is 0 Å². The minimum absolute atomic E-state index is 0.139. The number of rotatable bonds is 0. The Hall–Kier alpha value is 0.747. The summed E-state index contributed by atoms with van der Waals surface area (Å²) in [6.45, 7) is 6.92. The lowest BCUT2D eigenvalue weighted by atomic mass is 11.8. The molecule has 0 bridgehead atoms. The van der Waals surface area contributed by atoms with Gasteiger partial charge in [0.1, 0.15) is 0 Å². The van der Waals surface area contributed by atoms with Gasteiger partial charge < -0.3 is 0 Å². The zero-order valence-corrected chi connectivity index (χ0v) is 9.04. The first-order valence-corrected chi connectivity index (χ1v) is 8.97. The zero-order valence-electron chi connectivity index (χ0n) is 5.56. The van der Waals surface area contributed by atoms with E-state index in [4.69, 9.17) is 8.42 Å².